The van der Waals surface area contributed by atoms with E-state index in [-0.39, 0.29) is 11.3 Å². The van der Waals surface area contributed by atoms with Crippen molar-refractivity contribution in [2.24, 2.45) is 0 Å². The number of aliphatic hydroxyl groups is 1. The normalized spacial score (nSPS) is 19.6. The third kappa shape index (κ3) is 5.32. The Morgan fingerprint density at radius 3 is 2.39 bits per heavy atom. The van der Waals surface area contributed by atoms with Crippen molar-refractivity contribution >= 4 is 17.8 Å². The highest BCUT2D eigenvalue weighted by atomic mass is 16.5. The Labute approximate surface area is 193 Å². The fourth-order valence-corrected chi connectivity index (χ4v) is 4.25. The molecular formula is C26H28N2O5. The van der Waals surface area contributed by atoms with Gasteiger partial charge in [0.25, 0.3) is 5.91 Å². The first kappa shape index (κ1) is 22.8. The lowest BCUT2D eigenvalue weighted by molar-refractivity contribution is -0.129. The van der Waals surface area contributed by atoms with Gasteiger partial charge in [-0.25, -0.2) is 0 Å². The maximum Gasteiger partial charge on any atom is 0.290 e. The molecule has 2 aromatic rings. The predicted octanol–water partition coefficient (Wildman–Crippen LogP) is 3.09. The molecule has 1 saturated heterocycles. The zero-order chi connectivity index (χ0) is 23.2. The van der Waals surface area contributed by atoms with Crippen LogP contribution in [0.4, 0.5) is 0 Å². The van der Waals surface area contributed by atoms with Gasteiger partial charge in [0.1, 0.15) is 5.75 Å². The molecule has 2 heterocycles. The summed E-state index contributed by atoms with van der Waals surface area (Å²) in [5, 5.41) is 20.4. The van der Waals surface area contributed by atoms with Crippen LogP contribution in [0.25, 0.3) is 6.08 Å². The van der Waals surface area contributed by atoms with Crippen molar-refractivity contribution in [3.63, 3.8) is 0 Å². The summed E-state index contributed by atoms with van der Waals surface area (Å²) in [6, 6.07) is 15.0. The van der Waals surface area contributed by atoms with Gasteiger partial charge in [-0.1, -0.05) is 48.5 Å². The molecular weight excluding hydrogens is 420 g/mol. The molecule has 2 aliphatic rings. The lowest BCUT2D eigenvalue weighted by Gasteiger charge is -2.29. The summed E-state index contributed by atoms with van der Waals surface area (Å²) >= 11 is 0. The van der Waals surface area contributed by atoms with E-state index in [1.165, 1.54) is 18.2 Å². The molecule has 2 N–H and O–H groups in total. The van der Waals surface area contributed by atoms with Gasteiger partial charge in [0, 0.05) is 26.2 Å². The number of ketones is 1. The molecule has 0 aromatic heterocycles. The molecule has 1 fully saturated rings. The summed E-state index contributed by atoms with van der Waals surface area (Å²) in [4.78, 5) is 29.9. The van der Waals surface area contributed by atoms with Crippen LogP contribution >= 0.6 is 0 Å². The highest BCUT2D eigenvalue weighted by Crippen LogP contribution is 2.38. The minimum absolute atomic E-state index is 0.0595. The number of hydrogen-bond donors (Lipinski definition) is 2. The number of nitrogens with zero attached hydrogens (tertiary/aromatic N) is 2. The molecule has 4 rings (SSSR count). The summed E-state index contributed by atoms with van der Waals surface area (Å²) < 4.78 is 5.38. The first-order valence-corrected chi connectivity index (χ1v) is 11.1. The number of amides is 1. The van der Waals surface area contributed by atoms with E-state index in [9.17, 15) is 19.8 Å². The maximum atomic E-state index is 13.1. The Hall–Kier alpha value is -3.42. The number of phenolic OH excluding ortho intramolecular Hbond substituents is 1. The number of morpholine rings is 1. The summed E-state index contributed by atoms with van der Waals surface area (Å²) in [5.74, 6) is -1.39. The van der Waals surface area contributed by atoms with Gasteiger partial charge in [-0.05, 0) is 35.8 Å². The van der Waals surface area contributed by atoms with E-state index in [1.807, 2.05) is 30.3 Å². The third-order valence-electron chi connectivity index (χ3n) is 5.98. The van der Waals surface area contributed by atoms with Crippen molar-refractivity contribution in [3.8, 4) is 5.75 Å². The van der Waals surface area contributed by atoms with Gasteiger partial charge in [0.05, 0.1) is 24.8 Å². The lowest BCUT2D eigenvalue weighted by atomic mass is 9.95. The van der Waals surface area contributed by atoms with Gasteiger partial charge in [-0.15, -0.1) is 0 Å². The average molecular weight is 449 g/mol. The smallest absolute Gasteiger partial charge is 0.290 e. The van der Waals surface area contributed by atoms with E-state index in [0.29, 0.717) is 31.7 Å². The second-order valence-electron chi connectivity index (χ2n) is 8.17. The number of hydrogen-bond acceptors (Lipinski definition) is 6. The highest BCUT2D eigenvalue weighted by molar-refractivity contribution is 6.14. The molecule has 0 bridgehead atoms. The number of phenols is 1. The number of ether oxygens (including phenoxy) is 1. The molecule has 0 spiro atoms. The number of rotatable bonds is 8. The molecule has 33 heavy (non-hydrogen) atoms. The number of carbonyl (C=O) groups excluding carboxylic acids is 2. The van der Waals surface area contributed by atoms with Crippen molar-refractivity contribution in [2.75, 3.05) is 39.4 Å². The van der Waals surface area contributed by atoms with Crippen LogP contribution in [0, 0.1) is 0 Å². The van der Waals surface area contributed by atoms with E-state index in [4.69, 9.17) is 4.74 Å². The van der Waals surface area contributed by atoms with Crippen molar-refractivity contribution in [1.82, 2.24) is 9.80 Å². The minimum Gasteiger partial charge on any atom is -0.508 e. The molecule has 0 aliphatic carbocycles. The monoisotopic (exact) mass is 448 g/mol. The number of aliphatic hydroxyl groups excluding tert-OH is 1. The SMILES string of the molecule is O=C(/C=C/c1ccccc1)C1=C(O)C(=O)N(CCCN2CCOCC2)[C@@H]1c1ccc(O)cc1. The van der Waals surface area contributed by atoms with Crippen LogP contribution in [-0.4, -0.2) is 71.1 Å². The van der Waals surface area contributed by atoms with Crippen molar-refractivity contribution in [3.05, 3.63) is 83.1 Å². The van der Waals surface area contributed by atoms with Crippen LogP contribution < -0.4 is 0 Å². The van der Waals surface area contributed by atoms with Gasteiger partial charge < -0.3 is 19.8 Å². The highest BCUT2D eigenvalue weighted by Gasteiger charge is 2.42. The van der Waals surface area contributed by atoms with Crippen molar-refractivity contribution in [1.29, 1.82) is 0 Å². The Balaban J connectivity index is 1.56. The molecule has 0 radical (unpaired) electrons. The molecule has 7 heteroatoms. The molecule has 1 atom stereocenters. The molecule has 1 amide bonds. The number of allylic oxidation sites excluding steroid dienone is 1. The largest absolute Gasteiger partial charge is 0.508 e. The standard InChI is InChI=1S/C26H28N2O5/c29-21-10-8-20(9-11-21)24-23(22(30)12-7-19-5-2-1-3-6-19)25(31)26(32)28(24)14-4-13-27-15-17-33-18-16-27/h1-3,5-12,24,29,31H,4,13-18H2/b12-7+/t24-/m1/s1. The van der Waals surface area contributed by atoms with E-state index >= 15 is 0 Å². The van der Waals surface area contributed by atoms with Crippen LogP contribution in [0.15, 0.2) is 72.0 Å². The quantitative estimate of drug-likeness (QED) is 0.603. The predicted molar refractivity (Wildman–Crippen MR) is 125 cm³/mol. The van der Waals surface area contributed by atoms with Crippen LogP contribution in [0.3, 0.4) is 0 Å². The van der Waals surface area contributed by atoms with Crippen molar-refractivity contribution < 1.29 is 24.5 Å². The Kier molecular flexibility index (Phi) is 7.22. The zero-order valence-corrected chi connectivity index (χ0v) is 18.4. The number of aromatic hydroxyl groups is 1. The second-order valence-corrected chi connectivity index (χ2v) is 8.17. The average Bonchev–Trinajstić information content (AvgIpc) is 3.09. The van der Waals surface area contributed by atoms with Crippen LogP contribution in [0.1, 0.15) is 23.6 Å². The number of carbonyl (C=O) groups is 2. The fraction of sp³-hybridized carbons (Fsp3) is 0.308. The molecule has 2 aliphatic heterocycles. The minimum atomic E-state index is -0.712. The third-order valence-corrected chi connectivity index (χ3v) is 5.98. The maximum absolute atomic E-state index is 13.1. The summed E-state index contributed by atoms with van der Waals surface area (Å²) in [6.45, 7) is 4.30. The van der Waals surface area contributed by atoms with E-state index in [1.54, 1.807) is 23.1 Å². The topological polar surface area (TPSA) is 90.3 Å². The first-order chi connectivity index (χ1) is 16.0. The first-order valence-electron chi connectivity index (χ1n) is 11.1. The van der Waals surface area contributed by atoms with E-state index in [0.717, 1.165) is 25.2 Å². The van der Waals surface area contributed by atoms with E-state index in [2.05, 4.69) is 4.90 Å². The Morgan fingerprint density at radius 2 is 1.70 bits per heavy atom. The molecule has 7 nitrogen and oxygen atoms in total. The van der Waals surface area contributed by atoms with Gasteiger partial charge in [0.2, 0.25) is 0 Å². The fourth-order valence-electron chi connectivity index (χ4n) is 4.25. The zero-order valence-electron chi connectivity index (χ0n) is 18.4. The molecule has 0 saturated carbocycles. The molecule has 2 aromatic carbocycles. The summed E-state index contributed by atoms with van der Waals surface area (Å²) in [6.07, 6.45) is 3.76. The summed E-state index contributed by atoms with van der Waals surface area (Å²) in [7, 11) is 0. The molecule has 172 valence electrons. The van der Waals surface area contributed by atoms with Gasteiger partial charge in [-0.2, -0.15) is 0 Å². The van der Waals surface area contributed by atoms with Crippen LogP contribution in [-0.2, 0) is 14.3 Å². The lowest BCUT2D eigenvalue weighted by Crippen LogP contribution is -2.39. The summed E-state index contributed by atoms with van der Waals surface area (Å²) in [5.41, 5.74) is 1.57. The Bertz CT molecular complexity index is 1040. The number of benzene rings is 2. The van der Waals surface area contributed by atoms with Crippen LogP contribution in [0.5, 0.6) is 5.75 Å². The molecule has 0 unspecified atom stereocenters. The Morgan fingerprint density at radius 1 is 1.00 bits per heavy atom. The van der Waals surface area contributed by atoms with Gasteiger partial charge in [0.15, 0.2) is 11.5 Å². The van der Waals surface area contributed by atoms with Crippen LogP contribution in [0.2, 0.25) is 0 Å². The van der Waals surface area contributed by atoms with Gasteiger partial charge >= 0.3 is 0 Å². The van der Waals surface area contributed by atoms with Gasteiger partial charge in [-0.3, -0.25) is 14.5 Å². The van der Waals surface area contributed by atoms with E-state index < -0.39 is 23.5 Å². The second kappa shape index (κ2) is 10.5. The van der Waals surface area contributed by atoms with Crippen molar-refractivity contribution in [2.45, 2.75) is 12.5 Å².